The number of carbonyl (C=O) groups excluding carboxylic acids is 4. The van der Waals surface area contributed by atoms with Crippen molar-refractivity contribution in [3.63, 3.8) is 0 Å². The number of rotatable bonds is 10. The molecule has 4 aliphatic rings. The number of Topliss-reactive ketones (excluding diaryl/α,β-unsaturated/α-hetero) is 1. The molecule has 2 saturated carbocycles. The van der Waals surface area contributed by atoms with Gasteiger partial charge in [-0.1, -0.05) is 26.7 Å². The molecule has 2 saturated heterocycles. The smallest absolute Gasteiger partial charge is 0.383 e. The Morgan fingerprint density at radius 3 is 2.49 bits per heavy atom. The molecule has 0 aromatic heterocycles. The number of likely N-dealkylation sites (tertiary alicyclic amines) is 1. The lowest BCUT2D eigenvalue weighted by atomic mass is 9.94. The maximum Gasteiger partial charge on any atom is 0.522 e. The van der Waals surface area contributed by atoms with Gasteiger partial charge in [0.15, 0.2) is 5.78 Å². The van der Waals surface area contributed by atoms with Gasteiger partial charge in [-0.25, -0.2) is 0 Å². The van der Waals surface area contributed by atoms with Crippen LogP contribution < -0.4 is 10.6 Å². The van der Waals surface area contributed by atoms with Crippen LogP contribution in [-0.4, -0.2) is 77.8 Å². The Morgan fingerprint density at radius 1 is 1.23 bits per heavy atom. The Bertz CT molecular complexity index is 890. The van der Waals surface area contributed by atoms with E-state index in [1.54, 1.807) is 0 Å². The highest BCUT2D eigenvalue weighted by Gasteiger charge is 2.69. The number of amides is 3. The molecule has 3 N–H and O–H groups in total. The van der Waals surface area contributed by atoms with Gasteiger partial charge in [-0.3, -0.25) is 23.9 Å². The number of ether oxygens (including phenoxy) is 1. The molecule has 0 aromatic rings. The summed E-state index contributed by atoms with van der Waals surface area (Å²) in [5.41, 5.74) is -0.232. The number of hydrogen-bond donors (Lipinski definition) is 3. The average molecular weight is 504 g/mol. The van der Waals surface area contributed by atoms with Gasteiger partial charge >= 0.3 is 6.36 Å². The minimum Gasteiger partial charge on any atom is -0.383 e. The minimum atomic E-state index is -5.02. The quantitative estimate of drug-likeness (QED) is 0.404. The second-order valence-corrected chi connectivity index (χ2v) is 10.9. The van der Waals surface area contributed by atoms with Crippen LogP contribution in [0.25, 0.3) is 0 Å². The topological polar surface area (TPSA) is 125 Å². The van der Waals surface area contributed by atoms with Crippen LogP contribution >= 0.6 is 0 Å². The summed E-state index contributed by atoms with van der Waals surface area (Å²) < 4.78 is 41.2. The minimum absolute atomic E-state index is 0.0404. The van der Waals surface area contributed by atoms with Crippen molar-refractivity contribution >= 4 is 23.5 Å². The maximum atomic E-state index is 13.4. The lowest BCUT2D eigenvalue weighted by Crippen LogP contribution is -2.56. The normalized spacial score (nSPS) is 30.9. The third-order valence-corrected chi connectivity index (χ3v) is 8.07. The summed E-state index contributed by atoms with van der Waals surface area (Å²) in [5, 5.41) is 15.5. The molecule has 0 aromatic carbocycles. The molecular formula is C23H32F3N3O6. The summed E-state index contributed by atoms with van der Waals surface area (Å²) in [5.74, 6) is -3.05. The van der Waals surface area contributed by atoms with Gasteiger partial charge in [0, 0.05) is 19.0 Å². The summed E-state index contributed by atoms with van der Waals surface area (Å²) in [6, 6.07) is -2.33. The monoisotopic (exact) mass is 503 g/mol. The number of halogens is 3. The lowest BCUT2D eigenvalue weighted by molar-refractivity contribution is -0.321. The Hall–Kier alpha value is -2.21. The second-order valence-electron chi connectivity index (χ2n) is 10.9. The predicted octanol–water partition coefficient (Wildman–Crippen LogP) is 0.747. The molecule has 6 atom stereocenters. The first-order valence-corrected chi connectivity index (χ1v) is 12.1. The van der Waals surface area contributed by atoms with Gasteiger partial charge in [0.05, 0.1) is 6.04 Å². The Morgan fingerprint density at radius 2 is 1.91 bits per heavy atom. The van der Waals surface area contributed by atoms with E-state index in [-0.39, 0.29) is 36.1 Å². The van der Waals surface area contributed by atoms with Crippen LogP contribution in [0.1, 0.15) is 46.0 Å². The molecule has 0 bridgehead atoms. The van der Waals surface area contributed by atoms with E-state index in [9.17, 15) is 37.5 Å². The molecular weight excluding hydrogens is 471 g/mol. The van der Waals surface area contributed by atoms with Crippen LogP contribution in [0, 0.1) is 29.1 Å². The fourth-order valence-electron chi connectivity index (χ4n) is 5.71. The lowest BCUT2D eigenvalue weighted by Gasteiger charge is -2.32. The van der Waals surface area contributed by atoms with Crippen molar-refractivity contribution in [3.05, 3.63) is 0 Å². The molecule has 0 radical (unpaired) electrons. The zero-order valence-corrected chi connectivity index (χ0v) is 19.8. The summed E-state index contributed by atoms with van der Waals surface area (Å²) in [6.07, 6.45) is -3.80. The largest absolute Gasteiger partial charge is 0.522 e. The van der Waals surface area contributed by atoms with Crippen molar-refractivity contribution in [2.24, 2.45) is 29.1 Å². The average Bonchev–Trinajstić information content (AvgIpc) is 3.53. The van der Waals surface area contributed by atoms with E-state index in [0.29, 0.717) is 25.3 Å². The van der Waals surface area contributed by atoms with Crippen molar-refractivity contribution < 1.29 is 42.2 Å². The van der Waals surface area contributed by atoms with Crippen LogP contribution in [0.4, 0.5) is 13.2 Å². The molecule has 4 fully saturated rings. The van der Waals surface area contributed by atoms with Crippen molar-refractivity contribution in [2.45, 2.75) is 70.5 Å². The SMILES string of the molecule is CC1(C)[C@@H]2[C@@H](C(=O)NC(C[C@@H]3CCNC3=O)C(=O)COC(F)(F)F)N(C(=O)C(O)CC3CC3)C[C@@H]21. The number of piperidine rings is 1. The summed E-state index contributed by atoms with van der Waals surface area (Å²) >= 11 is 0. The highest BCUT2D eigenvalue weighted by atomic mass is 19.4. The Kier molecular flexibility index (Phi) is 6.91. The molecule has 2 aliphatic heterocycles. The Balaban J connectivity index is 1.48. The fourth-order valence-corrected chi connectivity index (χ4v) is 5.71. The van der Waals surface area contributed by atoms with E-state index in [2.05, 4.69) is 15.4 Å². The van der Waals surface area contributed by atoms with Gasteiger partial charge in [0.25, 0.3) is 5.91 Å². The van der Waals surface area contributed by atoms with E-state index in [1.165, 1.54) is 4.90 Å². The summed E-state index contributed by atoms with van der Waals surface area (Å²) in [6.45, 7) is 3.30. The summed E-state index contributed by atoms with van der Waals surface area (Å²) in [4.78, 5) is 52.4. The number of alkyl halides is 3. The van der Waals surface area contributed by atoms with E-state index in [1.807, 2.05) is 13.8 Å². The van der Waals surface area contributed by atoms with Crippen molar-refractivity contribution in [2.75, 3.05) is 19.7 Å². The van der Waals surface area contributed by atoms with E-state index < -0.39 is 54.7 Å². The first kappa shape index (κ1) is 25.9. The fraction of sp³-hybridized carbons (Fsp3) is 0.826. The molecule has 2 unspecified atom stereocenters. The number of nitrogens with one attached hydrogen (secondary N) is 2. The molecule has 12 heteroatoms. The van der Waals surface area contributed by atoms with Crippen LogP contribution in [0.15, 0.2) is 0 Å². The molecule has 4 rings (SSSR count). The molecule has 3 amide bonds. The van der Waals surface area contributed by atoms with Gasteiger partial charge in [-0.15, -0.1) is 13.2 Å². The number of ketones is 1. The summed E-state index contributed by atoms with van der Waals surface area (Å²) in [7, 11) is 0. The second kappa shape index (κ2) is 9.34. The van der Waals surface area contributed by atoms with Crippen molar-refractivity contribution in [1.29, 1.82) is 0 Å². The molecule has 2 heterocycles. The van der Waals surface area contributed by atoms with Gasteiger partial charge in [0.1, 0.15) is 18.8 Å². The zero-order chi connectivity index (χ0) is 25.7. The van der Waals surface area contributed by atoms with Crippen molar-refractivity contribution in [1.82, 2.24) is 15.5 Å². The van der Waals surface area contributed by atoms with Crippen molar-refractivity contribution in [3.8, 4) is 0 Å². The first-order valence-electron chi connectivity index (χ1n) is 12.1. The molecule has 9 nitrogen and oxygen atoms in total. The van der Waals surface area contributed by atoms with Crippen LogP contribution in [0.2, 0.25) is 0 Å². The van der Waals surface area contributed by atoms with Gasteiger partial charge in [-0.05, 0) is 42.4 Å². The number of hydrogen-bond acceptors (Lipinski definition) is 6. The standard InChI is InChI=1S/C23H32F3N3O6/c1-22(2)13-9-29(21(34)15(30)7-11-3-4-11)18(17(13)22)20(33)28-14(8-12-5-6-27-19(12)32)16(31)10-35-23(24,25)26/h11-15,17-18,30H,3-10H2,1-2H3,(H,27,32)(H,28,33)/t12-,13-,14?,15?,17-,18-/m0/s1. The highest BCUT2D eigenvalue weighted by Crippen LogP contribution is 2.65. The van der Waals surface area contributed by atoms with E-state index in [0.717, 1.165) is 12.8 Å². The van der Waals surface area contributed by atoms with E-state index in [4.69, 9.17) is 0 Å². The number of fused-ring (bicyclic) bond motifs is 1. The van der Waals surface area contributed by atoms with Gasteiger partial charge in [-0.2, -0.15) is 0 Å². The Labute approximate surface area is 201 Å². The van der Waals surface area contributed by atoms with Crippen LogP contribution in [-0.2, 0) is 23.9 Å². The molecule has 196 valence electrons. The third-order valence-electron chi connectivity index (χ3n) is 8.07. The molecule has 0 spiro atoms. The zero-order valence-electron chi connectivity index (χ0n) is 19.8. The van der Waals surface area contributed by atoms with Crippen LogP contribution in [0.5, 0.6) is 0 Å². The first-order chi connectivity index (χ1) is 16.3. The van der Waals surface area contributed by atoms with Crippen LogP contribution in [0.3, 0.4) is 0 Å². The maximum absolute atomic E-state index is 13.4. The number of nitrogens with zero attached hydrogens (tertiary/aromatic N) is 1. The predicted molar refractivity (Wildman–Crippen MR) is 114 cm³/mol. The van der Waals surface area contributed by atoms with E-state index >= 15 is 0 Å². The number of aliphatic hydroxyl groups excluding tert-OH is 1. The highest BCUT2D eigenvalue weighted by molar-refractivity contribution is 5.95. The number of aliphatic hydroxyl groups is 1. The molecule has 35 heavy (non-hydrogen) atoms. The molecule has 2 aliphatic carbocycles. The third kappa shape index (κ3) is 5.63. The number of carbonyl (C=O) groups is 4. The van der Waals surface area contributed by atoms with Gasteiger partial charge < -0.3 is 20.6 Å². The van der Waals surface area contributed by atoms with Gasteiger partial charge in [0.2, 0.25) is 11.8 Å².